The highest BCUT2D eigenvalue weighted by Crippen LogP contribution is 2.22. The summed E-state index contributed by atoms with van der Waals surface area (Å²) in [4.78, 5) is 15.0. The summed E-state index contributed by atoms with van der Waals surface area (Å²) in [7, 11) is -3.59. The summed E-state index contributed by atoms with van der Waals surface area (Å²) in [6, 6.07) is 4.24. The number of thiazole rings is 1. The van der Waals surface area contributed by atoms with Crippen LogP contribution in [0.15, 0.2) is 34.0 Å². The van der Waals surface area contributed by atoms with E-state index in [2.05, 4.69) is 4.98 Å². The van der Waals surface area contributed by atoms with Crippen LogP contribution in [0.25, 0.3) is 0 Å². The zero-order valence-electron chi connectivity index (χ0n) is 10.0. The molecule has 1 aromatic carbocycles. The standard InChI is InChI=1S/C12H11NO4S2/c1-8-10(12(14)15)3-2-4-11(8)19(16,17)6-9-5-18-7-13-9/h2-5,7H,6H2,1H3,(H,14,15). The smallest absolute Gasteiger partial charge is 0.335 e. The number of nitrogens with zero attached hydrogens (tertiary/aromatic N) is 1. The van der Waals surface area contributed by atoms with Crippen LogP contribution in [0.4, 0.5) is 0 Å². The van der Waals surface area contributed by atoms with Gasteiger partial charge in [-0.2, -0.15) is 0 Å². The van der Waals surface area contributed by atoms with Gasteiger partial charge in [-0.05, 0) is 24.6 Å². The fourth-order valence-corrected chi connectivity index (χ4v) is 3.99. The second-order valence-electron chi connectivity index (χ2n) is 3.97. The molecule has 1 N–H and O–H groups in total. The van der Waals surface area contributed by atoms with Crippen molar-refractivity contribution in [3.63, 3.8) is 0 Å². The van der Waals surface area contributed by atoms with Gasteiger partial charge < -0.3 is 5.11 Å². The number of aromatic nitrogens is 1. The molecule has 2 rings (SSSR count). The summed E-state index contributed by atoms with van der Waals surface area (Å²) in [5.41, 5.74) is 2.28. The molecule has 0 spiro atoms. The van der Waals surface area contributed by atoms with Crippen molar-refractivity contribution in [2.45, 2.75) is 17.6 Å². The molecule has 0 aliphatic rings. The van der Waals surface area contributed by atoms with Crippen LogP contribution < -0.4 is 0 Å². The number of aromatic carboxylic acids is 1. The molecule has 0 unspecified atom stereocenters. The number of hydrogen-bond acceptors (Lipinski definition) is 5. The number of benzene rings is 1. The Morgan fingerprint density at radius 2 is 2.16 bits per heavy atom. The Morgan fingerprint density at radius 1 is 1.42 bits per heavy atom. The number of rotatable bonds is 4. The number of carbonyl (C=O) groups is 1. The number of sulfone groups is 1. The lowest BCUT2D eigenvalue weighted by Crippen LogP contribution is -2.10. The van der Waals surface area contributed by atoms with Crippen LogP contribution in [0.1, 0.15) is 21.6 Å². The Kier molecular flexibility index (Phi) is 3.68. The second kappa shape index (κ2) is 5.10. The molecular formula is C12H11NO4S2. The zero-order valence-corrected chi connectivity index (χ0v) is 11.7. The van der Waals surface area contributed by atoms with Crippen LogP contribution >= 0.6 is 11.3 Å². The monoisotopic (exact) mass is 297 g/mol. The van der Waals surface area contributed by atoms with E-state index in [0.717, 1.165) is 0 Å². The number of carboxylic acids is 1. The van der Waals surface area contributed by atoms with Crippen molar-refractivity contribution < 1.29 is 18.3 Å². The molecule has 0 saturated heterocycles. The predicted octanol–water partition coefficient (Wildman–Crippen LogP) is 2.12. The van der Waals surface area contributed by atoms with Gasteiger partial charge in [-0.25, -0.2) is 18.2 Å². The minimum atomic E-state index is -3.59. The van der Waals surface area contributed by atoms with Crippen LogP contribution in [0.3, 0.4) is 0 Å². The average Bonchev–Trinajstić information content (AvgIpc) is 2.80. The molecule has 5 nitrogen and oxygen atoms in total. The summed E-state index contributed by atoms with van der Waals surface area (Å²) >= 11 is 1.32. The van der Waals surface area contributed by atoms with Gasteiger partial charge in [0.1, 0.15) is 0 Å². The SMILES string of the molecule is Cc1c(C(=O)O)cccc1S(=O)(=O)Cc1cscn1. The molecule has 0 bridgehead atoms. The highest BCUT2D eigenvalue weighted by atomic mass is 32.2. The van der Waals surface area contributed by atoms with Crippen LogP contribution in [0.5, 0.6) is 0 Å². The molecule has 0 aliphatic carbocycles. The molecule has 1 aromatic heterocycles. The van der Waals surface area contributed by atoms with Crippen molar-refractivity contribution >= 4 is 27.1 Å². The molecule has 0 amide bonds. The third-order valence-corrected chi connectivity index (χ3v) is 5.09. The van der Waals surface area contributed by atoms with Gasteiger partial charge in [0.2, 0.25) is 0 Å². The van der Waals surface area contributed by atoms with E-state index in [4.69, 9.17) is 5.11 Å². The fraction of sp³-hybridized carbons (Fsp3) is 0.167. The van der Waals surface area contributed by atoms with Gasteiger partial charge in [-0.1, -0.05) is 6.07 Å². The van der Waals surface area contributed by atoms with Crippen molar-refractivity contribution in [3.05, 3.63) is 45.9 Å². The summed E-state index contributed by atoms with van der Waals surface area (Å²) in [6.45, 7) is 1.50. The molecule has 0 aliphatic heterocycles. The molecule has 0 atom stereocenters. The summed E-state index contributed by atoms with van der Waals surface area (Å²) in [5.74, 6) is -1.36. The van der Waals surface area contributed by atoms with Crippen LogP contribution in [-0.4, -0.2) is 24.5 Å². The Labute approximate surface area is 114 Å². The quantitative estimate of drug-likeness (QED) is 0.934. The van der Waals surface area contributed by atoms with E-state index >= 15 is 0 Å². The van der Waals surface area contributed by atoms with Crippen LogP contribution in [0.2, 0.25) is 0 Å². The van der Waals surface area contributed by atoms with Gasteiger partial charge in [0.15, 0.2) is 9.84 Å². The highest BCUT2D eigenvalue weighted by molar-refractivity contribution is 7.90. The van der Waals surface area contributed by atoms with Gasteiger partial charge in [0.05, 0.1) is 27.4 Å². The average molecular weight is 297 g/mol. The predicted molar refractivity (Wildman–Crippen MR) is 71.1 cm³/mol. The maximum Gasteiger partial charge on any atom is 0.335 e. The van der Waals surface area contributed by atoms with Crippen molar-refractivity contribution in [1.82, 2.24) is 4.98 Å². The van der Waals surface area contributed by atoms with E-state index in [1.54, 1.807) is 10.9 Å². The first-order valence-corrected chi connectivity index (χ1v) is 7.94. The lowest BCUT2D eigenvalue weighted by Gasteiger charge is -2.08. The van der Waals surface area contributed by atoms with E-state index in [1.165, 1.54) is 36.5 Å². The van der Waals surface area contributed by atoms with Crippen LogP contribution in [-0.2, 0) is 15.6 Å². The first-order chi connectivity index (χ1) is 8.92. The van der Waals surface area contributed by atoms with Crippen molar-refractivity contribution in [2.75, 3.05) is 0 Å². The van der Waals surface area contributed by atoms with E-state index in [9.17, 15) is 13.2 Å². The first-order valence-electron chi connectivity index (χ1n) is 5.34. The summed E-state index contributed by atoms with van der Waals surface area (Å²) in [6.07, 6.45) is 0. The largest absolute Gasteiger partial charge is 0.478 e. The molecule has 7 heteroatoms. The molecule has 19 heavy (non-hydrogen) atoms. The summed E-state index contributed by atoms with van der Waals surface area (Å²) < 4.78 is 24.5. The van der Waals surface area contributed by atoms with Gasteiger partial charge in [0.25, 0.3) is 0 Å². The Balaban J connectivity index is 2.47. The van der Waals surface area contributed by atoms with Crippen LogP contribution in [0, 0.1) is 6.92 Å². The maximum atomic E-state index is 12.3. The van der Waals surface area contributed by atoms with Gasteiger partial charge in [-0.15, -0.1) is 11.3 Å². The molecule has 0 fully saturated rings. The Bertz CT molecular complexity index is 705. The Hall–Kier alpha value is -1.73. The number of hydrogen-bond donors (Lipinski definition) is 1. The molecule has 1 heterocycles. The lowest BCUT2D eigenvalue weighted by atomic mass is 10.1. The summed E-state index contributed by atoms with van der Waals surface area (Å²) in [5, 5.41) is 10.7. The van der Waals surface area contributed by atoms with Gasteiger partial charge in [-0.3, -0.25) is 0 Å². The second-order valence-corrected chi connectivity index (χ2v) is 6.65. The van der Waals surface area contributed by atoms with E-state index < -0.39 is 15.8 Å². The zero-order chi connectivity index (χ0) is 14.0. The Morgan fingerprint density at radius 3 is 2.74 bits per heavy atom. The van der Waals surface area contributed by atoms with E-state index in [0.29, 0.717) is 5.69 Å². The highest BCUT2D eigenvalue weighted by Gasteiger charge is 2.21. The minimum absolute atomic E-state index is 0.000599. The third-order valence-electron chi connectivity index (χ3n) is 2.67. The first kappa shape index (κ1) is 13.7. The fourth-order valence-electron chi connectivity index (χ4n) is 1.76. The van der Waals surface area contributed by atoms with Gasteiger partial charge >= 0.3 is 5.97 Å². The molecular weight excluding hydrogens is 286 g/mol. The van der Waals surface area contributed by atoms with E-state index in [1.807, 2.05) is 0 Å². The third kappa shape index (κ3) is 2.82. The normalized spacial score (nSPS) is 11.4. The van der Waals surface area contributed by atoms with Gasteiger partial charge in [0, 0.05) is 5.38 Å². The number of carboxylic acid groups (broad SMARTS) is 1. The van der Waals surface area contributed by atoms with Crippen molar-refractivity contribution in [2.24, 2.45) is 0 Å². The minimum Gasteiger partial charge on any atom is -0.478 e. The molecule has 2 aromatic rings. The molecule has 100 valence electrons. The van der Waals surface area contributed by atoms with E-state index in [-0.39, 0.29) is 21.8 Å². The van der Waals surface area contributed by atoms with Crippen molar-refractivity contribution in [3.8, 4) is 0 Å². The molecule has 0 radical (unpaired) electrons. The maximum absolute atomic E-state index is 12.3. The topological polar surface area (TPSA) is 84.3 Å². The molecule has 0 saturated carbocycles. The van der Waals surface area contributed by atoms with Crippen molar-refractivity contribution in [1.29, 1.82) is 0 Å². The lowest BCUT2D eigenvalue weighted by molar-refractivity contribution is 0.0696.